The van der Waals surface area contributed by atoms with Crippen molar-refractivity contribution in [2.24, 2.45) is 17.6 Å². The smallest absolute Gasteiger partial charge is 0.253 e. The van der Waals surface area contributed by atoms with E-state index in [2.05, 4.69) is 52.7 Å². The van der Waals surface area contributed by atoms with E-state index < -0.39 is 5.41 Å². The largest absolute Gasteiger partial charge is 0.369 e. The molecule has 3 aromatic rings. The maximum Gasteiger partial charge on any atom is 0.253 e. The van der Waals surface area contributed by atoms with Crippen LogP contribution in [0, 0.1) is 18.8 Å². The zero-order valence-electron chi connectivity index (χ0n) is 19.7. The molecule has 0 saturated heterocycles. The molecule has 2 atom stereocenters. The normalized spacial score (nSPS) is 21.5. The summed E-state index contributed by atoms with van der Waals surface area (Å²) in [5.41, 5.74) is 7.49. The number of carbonyl (C=O) groups excluding carboxylic acids is 1. The molecule has 33 heavy (non-hydrogen) atoms. The van der Waals surface area contributed by atoms with Gasteiger partial charge in [0, 0.05) is 6.92 Å². The Labute approximate surface area is 197 Å². The molecule has 172 valence electrons. The molecule has 2 aliphatic rings. The summed E-state index contributed by atoms with van der Waals surface area (Å²) in [5, 5.41) is 0. The Morgan fingerprint density at radius 1 is 0.970 bits per heavy atom. The van der Waals surface area contributed by atoms with Crippen LogP contribution in [0.1, 0.15) is 67.9 Å². The zero-order chi connectivity index (χ0) is 22.8. The number of nitrogens with zero attached hydrogens (tertiary/aromatic N) is 2. The van der Waals surface area contributed by atoms with Gasteiger partial charge in [-0.05, 0) is 55.1 Å². The second-order valence-electron chi connectivity index (χ2n) is 10.1. The van der Waals surface area contributed by atoms with Gasteiger partial charge in [-0.3, -0.25) is 4.79 Å². The summed E-state index contributed by atoms with van der Waals surface area (Å²) in [6, 6.07) is 20.8. The van der Waals surface area contributed by atoms with Gasteiger partial charge in [0.05, 0.1) is 6.54 Å². The number of imidazole rings is 1. The first-order chi connectivity index (χ1) is 16.1. The summed E-state index contributed by atoms with van der Waals surface area (Å²) >= 11 is 0. The third kappa shape index (κ3) is 3.90. The standard InChI is InChI=1S/C29H35N3O/c1-22-31(21-23-10-8-9-11-23)18-19-32(22)27-17-16-26(20-27)29(28(30)33,24-12-4-2-5-13-24)25-14-6-3-7-15-25/h2-7,12-15,18-19,23,26-27H,8-11,16-17,20-21H2,1H3,(H-,30,33)/p+1. The van der Waals surface area contributed by atoms with Crippen LogP contribution < -0.4 is 10.3 Å². The van der Waals surface area contributed by atoms with Crippen LogP contribution in [0.5, 0.6) is 0 Å². The highest BCUT2D eigenvalue weighted by molar-refractivity contribution is 5.91. The maximum atomic E-state index is 13.3. The highest BCUT2D eigenvalue weighted by Crippen LogP contribution is 2.50. The minimum Gasteiger partial charge on any atom is -0.369 e. The van der Waals surface area contributed by atoms with Gasteiger partial charge in [0.2, 0.25) is 5.91 Å². The maximum absolute atomic E-state index is 13.3. The van der Waals surface area contributed by atoms with Crippen LogP contribution >= 0.6 is 0 Å². The van der Waals surface area contributed by atoms with E-state index in [1.165, 1.54) is 31.5 Å². The highest BCUT2D eigenvalue weighted by Gasteiger charge is 2.51. The number of hydrogen-bond donors (Lipinski definition) is 1. The number of carbonyl (C=O) groups is 1. The molecule has 2 N–H and O–H groups in total. The fraction of sp³-hybridized carbons (Fsp3) is 0.448. The van der Waals surface area contributed by atoms with Crippen molar-refractivity contribution >= 4 is 5.91 Å². The van der Waals surface area contributed by atoms with Gasteiger partial charge < -0.3 is 5.73 Å². The van der Waals surface area contributed by atoms with Crippen LogP contribution in [0.4, 0.5) is 0 Å². The Kier molecular flexibility index (Phi) is 6.09. The summed E-state index contributed by atoms with van der Waals surface area (Å²) in [4.78, 5) is 13.3. The van der Waals surface area contributed by atoms with Crippen molar-refractivity contribution in [1.82, 2.24) is 4.57 Å². The van der Waals surface area contributed by atoms with Gasteiger partial charge in [-0.25, -0.2) is 9.13 Å². The van der Waals surface area contributed by atoms with E-state index in [9.17, 15) is 4.79 Å². The summed E-state index contributed by atoms with van der Waals surface area (Å²) in [6.07, 6.45) is 13.0. The van der Waals surface area contributed by atoms with Gasteiger partial charge in [0.25, 0.3) is 5.82 Å². The predicted octanol–water partition coefficient (Wildman–Crippen LogP) is 5.09. The molecular weight excluding hydrogens is 406 g/mol. The molecule has 0 spiro atoms. The van der Waals surface area contributed by atoms with Crippen molar-refractivity contribution in [1.29, 1.82) is 0 Å². The Bertz CT molecular complexity index is 1040. The van der Waals surface area contributed by atoms with E-state index in [0.717, 1.165) is 42.9 Å². The number of nitrogens with two attached hydrogens (primary N) is 1. The predicted molar refractivity (Wildman–Crippen MR) is 131 cm³/mol. The summed E-state index contributed by atoms with van der Waals surface area (Å²) < 4.78 is 4.90. The van der Waals surface area contributed by atoms with Crippen molar-refractivity contribution in [3.8, 4) is 0 Å². The summed E-state index contributed by atoms with van der Waals surface area (Å²) in [6.45, 7) is 3.38. The van der Waals surface area contributed by atoms with Crippen molar-refractivity contribution < 1.29 is 9.36 Å². The summed E-state index contributed by atoms with van der Waals surface area (Å²) in [5.74, 6) is 2.07. The second kappa shape index (κ2) is 9.17. The van der Waals surface area contributed by atoms with E-state index in [4.69, 9.17) is 5.73 Å². The SMILES string of the molecule is Cc1n(C2CCC(C(C(N)=O)(c3ccccc3)c3ccccc3)C2)cc[n+]1CC1CCCC1. The minimum atomic E-state index is -0.807. The Balaban J connectivity index is 1.47. The van der Waals surface area contributed by atoms with Crippen LogP contribution in [0.3, 0.4) is 0 Å². The van der Waals surface area contributed by atoms with Crippen molar-refractivity contribution in [2.75, 3.05) is 0 Å². The number of primary amides is 1. The van der Waals surface area contributed by atoms with E-state index in [1.54, 1.807) is 0 Å². The molecule has 0 aliphatic heterocycles. The fourth-order valence-corrected chi connectivity index (χ4v) is 6.70. The number of benzene rings is 2. The van der Waals surface area contributed by atoms with E-state index in [1.807, 2.05) is 36.4 Å². The molecule has 4 heteroatoms. The van der Waals surface area contributed by atoms with Gasteiger partial charge in [0.1, 0.15) is 23.9 Å². The average molecular weight is 443 g/mol. The molecule has 1 aromatic heterocycles. The quantitative estimate of drug-likeness (QED) is 0.509. The Morgan fingerprint density at radius 2 is 1.58 bits per heavy atom. The van der Waals surface area contributed by atoms with Crippen molar-refractivity contribution in [3.05, 3.63) is 90.0 Å². The van der Waals surface area contributed by atoms with Gasteiger partial charge in [-0.2, -0.15) is 0 Å². The molecular formula is C29H36N3O+. The molecule has 2 saturated carbocycles. The van der Waals surface area contributed by atoms with Crippen molar-refractivity contribution in [2.45, 2.75) is 69.9 Å². The molecule has 0 radical (unpaired) electrons. The lowest BCUT2D eigenvalue weighted by Crippen LogP contribution is -2.47. The van der Waals surface area contributed by atoms with Crippen LogP contribution in [-0.4, -0.2) is 10.5 Å². The molecule has 2 aliphatic carbocycles. The molecule has 2 fully saturated rings. The number of rotatable bonds is 7. The van der Waals surface area contributed by atoms with Gasteiger partial charge >= 0.3 is 0 Å². The van der Waals surface area contributed by atoms with Crippen molar-refractivity contribution in [3.63, 3.8) is 0 Å². The van der Waals surface area contributed by atoms with Crippen LogP contribution in [0.15, 0.2) is 73.1 Å². The molecule has 1 amide bonds. The van der Waals surface area contributed by atoms with Crippen LogP contribution in [-0.2, 0) is 16.8 Å². The third-order valence-corrected chi connectivity index (χ3v) is 8.38. The Hall–Kier alpha value is -2.88. The average Bonchev–Trinajstić information content (AvgIpc) is 3.59. The molecule has 1 heterocycles. The topological polar surface area (TPSA) is 51.9 Å². The van der Waals surface area contributed by atoms with E-state index in [-0.39, 0.29) is 11.8 Å². The minimum absolute atomic E-state index is 0.162. The zero-order valence-corrected chi connectivity index (χ0v) is 19.7. The molecule has 4 nitrogen and oxygen atoms in total. The molecule has 0 bridgehead atoms. The van der Waals surface area contributed by atoms with Crippen LogP contribution in [0.2, 0.25) is 0 Å². The molecule has 2 unspecified atom stereocenters. The highest BCUT2D eigenvalue weighted by atomic mass is 16.1. The molecule has 5 rings (SSSR count). The first-order valence-electron chi connectivity index (χ1n) is 12.6. The van der Waals surface area contributed by atoms with Gasteiger partial charge in [-0.1, -0.05) is 73.5 Å². The van der Waals surface area contributed by atoms with E-state index >= 15 is 0 Å². The summed E-state index contributed by atoms with van der Waals surface area (Å²) in [7, 11) is 0. The lowest BCUT2D eigenvalue weighted by Gasteiger charge is -2.37. The lowest BCUT2D eigenvalue weighted by molar-refractivity contribution is -0.708. The fourth-order valence-electron chi connectivity index (χ4n) is 6.70. The number of amides is 1. The first-order valence-corrected chi connectivity index (χ1v) is 12.6. The van der Waals surface area contributed by atoms with Crippen LogP contribution in [0.25, 0.3) is 0 Å². The molecule has 2 aromatic carbocycles. The lowest BCUT2D eigenvalue weighted by atomic mass is 9.64. The van der Waals surface area contributed by atoms with Gasteiger partial charge in [0.15, 0.2) is 0 Å². The second-order valence-corrected chi connectivity index (χ2v) is 10.1. The van der Waals surface area contributed by atoms with Gasteiger partial charge in [-0.15, -0.1) is 0 Å². The third-order valence-electron chi connectivity index (χ3n) is 8.38. The first kappa shape index (κ1) is 21.9. The number of aromatic nitrogens is 2. The number of hydrogen-bond acceptors (Lipinski definition) is 1. The monoisotopic (exact) mass is 442 g/mol. The van der Waals surface area contributed by atoms with E-state index in [0.29, 0.717) is 6.04 Å². The Morgan fingerprint density at radius 3 is 2.15 bits per heavy atom.